The number of aliphatic carboxylic acids is 1. The first kappa shape index (κ1) is 34.4. The molecular weight excluding hydrogens is 560 g/mol. The molecule has 1 aromatic heterocycles. The van der Waals surface area contributed by atoms with Crippen LogP contribution in [-0.4, -0.2) is 82.5 Å². The Morgan fingerprint density at radius 2 is 1.71 bits per heavy atom. The Morgan fingerprint density at radius 3 is 2.36 bits per heavy atom. The monoisotopic (exact) mass is 604 g/mol. The number of nitrogens with zero attached hydrogens (tertiary/aromatic N) is 1. The summed E-state index contributed by atoms with van der Waals surface area (Å²) in [6.07, 6.45) is 5.21. The number of carbonyl (C=O) groups excluding carboxylic acids is 3. The first-order valence-electron chi connectivity index (χ1n) is 14.0. The zero-order valence-corrected chi connectivity index (χ0v) is 25.2. The number of para-hydroxylation sites is 1. The van der Waals surface area contributed by atoms with Crippen molar-refractivity contribution in [2.75, 3.05) is 18.6 Å². The summed E-state index contributed by atoms with van der Waals surface area (Å²) in [5, 5.41) is 18.6. The van der Waals surface area contributed by atoms with Crippen LogP contribution in [0.3, 0.4) is 0 Å². The van der Waals surface area contributed by atoms with Crippen LogP contribution < -0.4 is 33.2 Å². The molecule has 5 atom stereocenters. The van der Waals surface area contributed by atoms with E-state index in [1.807, 2.05) is 50.6 Å². The average molecular weight is 605 g/mol. The number of carboxylic acid groups (broad SMARTS) is 1. The summed E-state index contributed by atoms with van der Waals surface area (Å²) in [7, 11) is 0. The Morgan fingerprint density at radius 1 is 1.02 bits per heavy atom. The van der Waals surface area contributed by atoms with E-state index < -0.39 is 47.9 Å². The first-order chi connectivity index (χ1) is 20.0. The number of hydrogen-bond donors (Lipinski definition) is 8. The number of H-pyrrole nitrogens is 1. The van der Waals surface area contributed by atoms with Gasteiger partial charge in [-0.2, -0.15) is 11.8 Å². The van der Waals surface area contributed by atoms with Crippen LogP contribution in [0.4, 0.5) is 0 Å². The van der Waals surface area contributed by atoms with Crippen LogP contribution in [0.15, 0.2) is 35.5 Å². The van der Waals surface area contributed by atoms with Crippen LogP contribution in [-0.2, 0) is 25.6 Å². The molecule has 0 aliphatic rings. The number of carbonyl (C=O) groups is 4. The van der Waals surface area contributed by atoms with Crippen LogP contribution in [0.1, 0.15) is 45.1 Å². The summed E-state index contributed by atoms with van der Waals surface area (Å²) in [6, 6.07) is 3.65. The molecule has 0 aliphatic carbocycles. The maximum atomic E-state index is 13.5. The van der Waals surface area contributed by atoms with Gasteiger partial charge in [0.1, 0.15) is 18.1 Å². The molecule has 0 fully saturated rings. The highest BCUT2D eigenvalue weighted by Gasteiger charge is 2.32. The van der Waals surface area contributed by atoms with E-state index in [-0.39, 0.29) is 37.7 Å². The zero-order chi connectivity index (χ0) is 31.2. The van der Waals surface area contributed by atoms with Gasteiger partial charge in [0, 0.05) is 23.6 Å². The van der Waals surface area contributed by atoms with Gasteiger partial charge in [0.2, 0.25) is 17.7 Å². The molecule has 2 rings (SSSR count). The standard InChI is InChI=1S/C28H44N8O5S/c1-4-16(2)23(36-24(37)19(29)14-17-15-33-20-9-6-5-8-18(17)20)26(39)34-21(11-13-42-3)25(38)35-22(27(40)41)10-7-12-32-28(30)31/h5-6,8-9,15-16,19,21-23,33H,4,7,10-14,29H2,1-3H3,(H,34,39)(H,35,38)(H,36,37)(H,40,41)(H4,30,31,32). The van der Waals surface area contributed by atoms with Gasteiger partial charge in [0.25, 0.3) is 0 Å². The summed E-state index contributed by atoms with van der Waals surface area (Å²) in [5.74, 6) is -2.70. The lowest BCUT2D eigenvalue weighted by atomic mass is 9.96. The fourth-order valence-electron chi connectivity index (χ4n) is 4.39. The molecule has 5 unspecified atom stereocenters. The van der Waals surface area contributed by atoms with E-state index in [9.17, 15) is 24.3 Å². The number of fused-ring (bicyclic) bond motifs is 1. The van der Waals surface area contributed by atoms with Crippen LogP contribution in [0.5, 0.6) is 0 Å². The minimum Gasteiger partial charge on any atom is -0.480 e. The number of amides is 3. The maximum absolute atomic E-state index is 13.5. The summed E-state index contributed by atoms with van der Waals surface area (Å²) < 4.78 is 0. The molecule has 232 valence electrons. The molecule has 13 nitrogen and oxygen atoms in total. The van der Waals surface area contributed by atoms with Gasteiger partial charge in [0.15, 0.2) is 5.96 Å². The number of thioether (sulfide) groups is 1. The molecule has 0 aliphatic heterocycles. The van der Waals surface area contributed by atoms with Crippen molar-refractivity contribution in [3.05, 3.63) is 36.0 Å². The van der Waals surface area contributed by atoms with E-state index in [0.717, 1.165) is 16.5 Å². The second-order valence-electron chi connectivity index (χ2n) is 10.2. The minimum atomic E-state index is -1.21. The number of aliphatic imine (C=N–C) groups is 1. The van der Waals surface area contributed by atoms with Gasteiger partial charge in [-0.05, 0) is 55.2 Å². The average Bonchev–Trinajstić information content (AvgIpc) is 3.36. The van der Waals surface area contributed by atoms with Crippen molar-refractivity contribution in [3.63, 3.8) is 0 Å². The SMILES string of the molecule is CCC(C)C(NC(=O)C(N)Cc1c[nH]c2ccccc12)C(=O)NC(CCSC)C(=O)NC(CCCN=C(N)N)C(=O)O. The highest BCUT2D eigenvalue weighted by molar-refractivity contribution is 7.98. The molecule has 1 aromatic carbocycles. The van der Waals surface area contributed by atoms with Crippen LogP contribution in [0.25, 0.3) is 10.9 Å². The third kappa shape index (κ3) is 10.6. The van der Waals surface area contributed by atoms with Crippen LogP contribution >= 0.6 is 11.8 Å². The van der Waals surface area contributed by atoms with E-state index in [0.29, 0.717) is 18.6 Å². The fourth-order valence-corrected chi connectivity index (χ4v) is 4.86. The second kappa shape index (κ2) is 17.2. The molecule has 2 aromatic rings. The Kier molecular flexibility index (Phi) is 14.1. The molecule has 42 heavy (non-hydrogen) atoms. The number of guanidine groups is 1. The highest BCUT2D eigenvalue weighted by Crippen LogP contribution is 2.19. The van der Waals surface area contributed by atoms with Crippen molar-refractivity contribution >= 4 is 52.3 Å². The molecule has 0 saturated carbocycles. The Balaban J connectivity index is 2.10. The molecule has 1 heterocycles. The van der Waals surface area contributed by atoms with E-state index in [4.69, 9.17) is 17.2 Å². The van der Waals surface area contributed by atoms with Crippen molar-refractivity contribution in [2.24, 2.45) is 28.1 Å². The van der Waals surface area contributed by atoms with E-state index in [1.54, 1.807) is 0 Å². The maximum Gasteiger partial charge on any atom is 0.326 e. The number of nitrogens with two attached hydrogens (primary N) is 3. The molecule has 3 amide bonds. The molecule has 0 bridgehead atoms. The van der Waals surface area contributed by atoms with Gasteiger partial charge in [0.05, 0.1) is 6.04 Å². The van der Waals surface area contributed by atoms with Crippen molar-refractivity contribution in [2.45, 2.75) is 70.1 Å². The lowest BCUT2D eigenvalue weighted by Gasteiger charge is -2.28. The van der Waals surface area contributed by atoms with Gasteiger partial charge in [-0.25, -0.2) is 4.79 Å². The van der Waals surface area contributed by atoms with Crippen molar-refractivity contribution in [1.82, 2.24) is 20.9 Å². The number of carboxylic acids is 1. The topological polar surface area (TPSA) is 231 Å². The normalized spacial score (nSPS) is 14.7. The van der Waals surface area contributed by atoms with Crippen LogP contribution in [0, 0.1) is 5.92 Å². The summed E-state index contributed by atoms with van der Waals surface area (Å²) in [5.41, 5.74) is 18.7. The summed E-state index contributed by atoms with van der Waals surface area (Å²) in [4.78, 5) is 58.5. The first-order valence-corrected chi connectivity index (χ1v) is 15.4. The molecule has 0 spiro atoms. The number of aromatic nitrogens is 1. The largest absolute Gasteiger partial charge is 0.480 e. The highest BCUT2D eigenvalue weighted by atomic mass is 32.2. The molecular formula is C28H44N8O5S. The van der Waals surface area contributed by atoms with Gasteiger partial charge in [-0.15, -0.1) is 0 Å². The zero-order valence-electron chi connectivity index (χ0n) is 24.4. The number of rotatable bonds is 18. The van der Waals surface area contributed by atoms with Crippen molar-refractivity contribution < 1.29 is 24.3 Å². The Hall–Kier alpha value is -3.78. The Bertz CT molecular complexity index is 1230. The van der Waals surface area contributed by atoms with Gasteiger partial charge >= 0.3 is 5.97 Å². The predicted molar refractivity (Wildman–Crippen MR) is 166 cm³/mol. The summed E-state index contributed by atoms with van der Waals surface area (Å²) >= 11 is 1.48. The predicted octanol–water partition coefficient (Wildman–Crippen LogP) is 0.430. The van der Waals surface area contributed by atoms with E-state index >= 15 is 0 Å². The van der Waals surface area contributed by atoms with E-state index in [1.165, 1.54) is 11.8 Å². The van der Waals surface area contributed by atoms with Crippen molar-refractivity contribution in [3.8, 4) is 0 Å². The third-order valence-corrected chi connectivity index (χ3v) is 7.69. The second-order valence-corrected chi connectivity index (χ2v) is 11.2. The van der Waals surface area contributed by atoms with Crippen LogP contribution in [0.2, 0.25) is 0 Å². The number of aromatic amines is 1. The van der Waals surface area contributed by atoms with Gasteiger partial charge < -0.3 is 43.2 Å². The molecule has 0 radical (unpaired) electrons. The number of nitrogens with one attached hydrogen (secondary N) is 4. The summed E-state index contributed by atoms with van der Waals surface area (Å²) in [6.45, 7) is 3.93. The minimum absolute atomic E-state index is 0.0981. The lowest BCUT2D eigenvalue weighted by Crippen LogP contribution is -2.58. The van der Waals surface area contributed by atoms with Crippen molar-refractivity contribution in [1.29, 1.82) is 0 Å². The van der Waals surface area contributed by atoms with Gasteiger partial charge in [-0.1, -0.05) is 38.5 Å². The lowest BCUT2D eigenvalue weighted by molar-refractivity contribution is -0.142. The fraction of sp³-hybridized carbons (Fsp3) is 0.536. The smallest absolute Gasteiger partial charge is 0.326 e. The quantitative estimate of drug-likeness (QED) is 0.0669. The van der Waals surface area contributed by atoms with E-state index in [2.05, 4.69) is 25.9 Å². The third-order valence-electron chi connectivity index (χ3n) is 7.05. The van der Waals surface area contributed by atoms with Gasteiger partial charge in [-0.3, -0.25) is 19.4 Å². The molecule has 14 heteroatoms. The Labute approximate surface area is 250 Å². The molecule has 0 saturated heterocycles. The molecule has 11 N–H and O–H groups in total. The number of hydrogen-bond acceptors (Lipinski definition) is 7. The number of benzene rings is 1.